The van der Waals surface area contributed by atoms with E-state index in [1.807, 2.05) is 35.0 Å². The second kappa shape index (κ2) is 9.09. The smallest absolute Gasteiger partial charge is 0.222 e. The Balaban J connectivity index is 1.23. The molecule has 2 aliphatic heterocycles. The fraction of sp³-hybridized carbons (Fsp3) is 0.522. The molecule has 0 unspecified atom stereocenters. The van der Waals surface area contributed by atoms with Crippen LogP contribution in [0.25, 0.3) is 16.9 Å². The highest BCUT2D eigenvalue weighted by Gasteiger charge is 2.26. The Bertz CT molecular complexity index is 1030. The Morgan fingerprint density at radius 1 is 0.968 bits per heavy atom. The van der Waals surface area contributed by atoms with Gasteiger partial charge in [0.1, 0.15) is 0 Å². The third-order valence-electron chi connectivity index (χ3n) is 6.55. The summed E-state index contributed by atoms with van der Waals surface area (Å²) in [7, 11) is 0. The molecule has 5 rings (SSSR count). The lowest BCUT2D eigenvalue weighted by Gasteiger charge is -2.32. The highest BCUT2D eigenvalue weighted by molar-refractivity contribution is 5.76. The fourth-order valence-electron chi connectivity index (χ4n) is 4.68. The van der Waals surface area contributed by atoms with Crippen LogP contribution in [-0.4, -0.2) is 73.2 Å². The van der Waals surface area contributed by atoms with Gasteiger partial charge in [0, 0.05) is 49.9 Å². The summed E-state index contributed by atoms with van der Waals surface area (Å²) in [5.41, 5.74) is 2.65. The van der Waals surface area contributed by atoms with Crippen molar-refractivity contribution in [2.24, 2.45) is 0 Å². The molecule has 0 radical (unpaired) electrons. The SMILES string of the molecule is O=C1CCCCCN1CCN1CCC(c2nnc3ccc(-c4cccnc4)nn23)CC1. The maximum Gasteiger partial charge on any atom is 0.222 e. The highest BCUT2D eigenvalue weighted by Crippen LogP contribution is 2.27. The van der Waals surface area contributed by atoms with Crippen molar-refractivity contribution < 1.29 is 4.79 Å². The van der Waals surface area contributed by atoms with E-state index in [-0.39, 0.29) is 0 Å². The van der Waals surface area contributed by atoms with Gasteiger partial charge in [-0.2, -0.15) is 9.61 Å². The summed E-state index contributed by atoms with van der Waals surface area (Å²) in [6.45, 7) is 4.77. The van der Waals surface area contributed by atoms with Crippen molar-refractivity contribution in [1.82, 2.24) is 34.6 Å². The van der Waals surface area contributed by atoms with E-state index in [1.54, 1.807) is 6.20 Å². The maximum atomic E-state index is 12.2. The Morgan fingerprint density at radius 3 is 2.71 bits per heavy atom. The van der Waals surface area contributed by atoms with Gasteiger partial charge in [-0.1, -0.05) is 6.42 Å². The van der Waals surface area contributed by atoms with E-state index in [1.165, 1.54) is 6.42 Å². The molecule has 5 heterocycles. The summed E-state index contributed by atoms with van der Waals surface area (Å²) in [6.07, 6.45) is 9.74. The summed E-state index contributed by atoms with van der Waals surface area (Å²) in [5, 5.41) is 13.6. The number of amides is 1. The van der Waals surface area contributed by atoms with Crippen molar-refractivity contribution in [2.75, 3.05) is 32.7 Å². The molecule has 0 bridgehead atoms. The van der Waals surface area contributed by atoms with Crippen LogP contribution in [0.15, 0.2) is 36.7 Å². The van der Waals surface area contributed by atoms with Crippen LogP contribution in [0.2, 0.25) is 0 Å². The van der Waals surface area contributed by atoms with E-state index in [0.717, 1.165) is 87.6 Å². The van der Waals surface area contributed by atoms with Crippen LogP contribution in [0.5, 0.6) is 0 Å². The number of piperidine rings is 1. The van der Waals surface area contributed by atoms with Gasteiger partial charge >= 0.3 is 0 Å². The fourth-order valence-corrected chi connectivity index (χ4v) is 4.68. The number of nitrogens with zero attached hydrogens (tertiary/aromatic N) is 7. The van der Waals surface area contributed by atoms with Gasteiger partial charge in [0.25, 0.3) is 0 Å². The molecule has 3 aromatic rings. The minimum atomic E-state index is 0.331. The first kappa shape index (κ1) is 20.1. The van der Waals surface area contributed by atoms with E-state index < -0.39 is 0 Å². The topological polar surface area (TPSA) is 79.5 Å². The van der Waals surface area contributed by atoms with E-state index in [4.69, 9.17) is 5.10 Å². The number of hydrogen-bond acceptors (Lipinski definition) is 6. The third kappa shape index (κ3) is 4.44. The van der Waals surface area contributed by atoms with Gasteiger partial charge in [-0.15, -0.1) is 10.2 Å². The van der Waals surface area contributed by atoms with Gasteiger partial charge in [0.15, 0.2) is 11.5 Å². The van der Waals surface area contributed by atoms with Gasteiger partial charge in [-0.3, -0.25) is 9.78 Å². The van der Waals surface area contributed by atoms with Crippen LogP contribution < -0.4 is 0 Å². The van der Waals surface area contributed by atoms with Crippen LogP contribution >= 0.6 is 0 Å². The third-order valence-corrected chi connectivity index (χ3v) is 6.55. The van der Waals surface area contributed by atoms with Crippen molar-refractivity contribution >= 4 is 11.6 Å². The molecule has 162 valence electrons. The number of pyridine rings is 1. The second-order valence-electron chi connectivity index (χ2n) is 8.60. The summed E-state index contributed by atoms with van der Waals surface area (Å²) >= 11 is 0. The molecule has 8 nitrogen and oxygen atoms in total. The van der Waals surface area contributed by atoms with Gasteiger partial charge in [0.05, 0.1) is 5.69 Å². The summed E-state index contributed by atoms with van der Waals surface area (Å²) in [6, 6.07) is 7.87. The van der Waals surface area contributed by atoms with Crippen LogP contribution in [-0.2, 0) is 4.79 Å². The molecular formula is C23H29N7O. The standard InChI is InChI=1S/C23H29N7O/c31-22-6-2-1-3-12-29(22)16-15-28-13-9-18(10-14-28)23-26-25-21-8-7-20(27-30(21)23)19-5-4-11-24-17-19/h4-5,7-8,11,17-18H,1-3,6,9-10,12-16H2. The molecule has 0 aromatic carbocycles. The van der Waals surface area contributed by atoms with Crippen molar-refractivity contribution in [2.45, 2.75) is 44.4 Å². The van der Waals surface area contributed by atoms with Crippen molar-refractivity contribution in [3.05, 3.63) is 42.5 Å². The lowest BCUT2D eigenvalue weighted by atomic mass is 9.96. The number of rotatable bonds is 5. The van der Waals surface area contributed by atoms with Crippen LogP contribution in [0.1, 0.15) is 50.3 Å². The molecule has 2 aliphatic rings. The van der Waals surface area contributed by atoms with Crippen molar-refractivity contribution in [1.29, 1.82) is 0 Å². The number of hydrogen-bond donors (Lipinski definition) is 0. The number of aromatic nitrogens is 5. The predicted molar refractivity (Wildman–Crippen MR) is 117 cm³/mol. The molecular weight excluding hydrogens is 390 g/mol. The molecule has 0 N–H and O–H groups in total. The summed E-state index contributed by atoms with van der Waals surface area (Å²) in [5.74, 6) is 1.63. The summed E-state index contributed by atoms with van der Waals surface area (Å²) < 4.78 is 1.90. The minimum absolute atomic E-state index is 0.331. The zero-order valence-electron chi connectivity index (χ0n) is 17.9. The Hall–Kier alpha value is -2.87. The Morgan fingerprint density at radius 2 is 1.87 bits per heavy atom. The molecule has 2 fully saturated rings. The second-order valence-corrected chi connectivity index (χ2v) is 8.60. The molecule has 1 amide bonds. The largest absolute Gasteiger partial charge is 0.341 e. The summed E-state index contributed by atoms with van der Waals surface area (Å²) in [4.78, 5) is 21.0. The molecule has 0 spiro atoms. The van der Waals surface area contributed by atoms with Crippen LogP contribution in [0, 0.1) is 0 Å². The van der Waals surface area contributed by atoms with E-state index in [0.29, 0.717) is 11.8 Å². The molecule has 8 heteroatoms. The first-order chi connectivity index (χ1) is 15.3. The van der Waals surface area contributed by atoms with Gasteiger partial charge in [-0.05, 0) is 63.0 Å². The van der Waals surface area contributed by atoms with Gasteiger partial charge in [0.2, 0.25) is 5.91 Å². The number of carbonyl (C=O) groups is 1. The zero-order chi connectivity index (χ0) is 21.0. The lowest BCUT2D eigenvalue weighted by molar-refractivity contribution is -0.130. The van der Waals surface area contributed by atoms with Gasteiger partial charge in [-0.25, -0.2) is 0 Å². The monoisotopic (exact) mass is 419 g/mol. The molecule has 31 heavy (non-hydrogen) atoms. The van der Waals surface area contributed by atoms with Gasteiger partial charge < -0.3 is 9.80 Å². The van der Waals surface area contributed by atoms with Crippen LogP contribution in [0.3, 0.4) is 0 Å². The molecule has 0 atom stereocenters. The first-order valence-electron chi connectivity index (χ1n) is 11.4. The van der Waals surface area contributed by atoms with Crippen molar-refractivity contribution in [3.63, 3.8) is 0 Å². The zero-order valence-corrected chi connectivity index (χ0v) is 17.9. The Labute approximate surface area is 182 Å². The molecule has 2 saturated heterocycles. The van der Waals surface area contributed by atoms with E-state index in [9.17, 15) is 4.79 Å². The molecule has 0 aliphatic carbocycles. The highest BCUT2D eigenvalue weighted by atomic mass is 16.2. The normalized spacial score (nSPS) is 19.1. The predicted octanol–water partition coefficient (Wildman–Crippen LogP) is 2.77. The maximum absolute atomic E-state index is 12.2. The van der Waals surface area contributed by atoms with E-state index >= 15 is 0 Å². The number of likely N-dealkylation sites (tertiary alicyclic amines) is 2. The lowest BCUT2D eigenvalue weighted by Crippen LogP contribution is -2.41. The first-order valence-corrected chi connectivity index (χ1v) is 11.4. The molecule has 3 aromatic heterocycles. The van der Waals surface area contributed by atoms with Crippen LogP contribution in [0.4, 0.5) is 0 Å². The number of fused-ring (bicyclic) bond motifs is 1. The van der Waals surface area contributed by atoms with Crippen molar-refractivity contribution in [3.8, 4) is 11.3 Å². The average Bonchev–Trinajstić information content (AvgIpc) is 3.13. The minimum Gasteiger partial charge on any atom is -0.341 e. The number of carbonyl (C=O) groups excluding carboxylic acids is 1. The molecule has 0 saturated carbocycles. The van der Waals surface area contributed by atoms with E-state index in [2.05, 4.69) is 25.0 Å². The average molecular weight is 420 g/mol. The quantitative estimate of drug-likeness (QED) is 0.633. The Kier molecular flexibility index (Phi) is 5.88.